The number of nitrogens with zero attached hydrogens (tertiary/aromatic N) is 6. The Morgan fingerprint density at radius 3 is 2.56 bits per heavy atom. The summed E-state index contributed by atoms with van der Waals surface area (Å²) in [6, 6.07) is 7.59. The van der Waals surface area contributed by atoms with Crippen molar-refractivity contribution in [3.8, 4) is 6.07 Å². The SMILES string of the molecule is N#Cc1cnc2c(Cl)cc(NC(c3cncc(Cl)c3)c3cn[nH]n3)cc2c1Nc1cnc(F)c(F)c1. The molecule has 5 aromatic rings. The van der Waals surface area contributed by atoms with Crippen LogP contribution in [0.1, 0.15) is 22.9 Å². The van der Waals surface area contributed by atoms with Crippen molar-refractivity contribution in [2.24, 2.45) is 0 Å². The van der Waals surface area contributed by atoms with Gasteiger partial charge < -0.3 is 10.6 Å². The van der Waals surface area contributed by atoms with Gasteiger partial charge >= 0.3 is 0 Å². The van der Waals surface area contributed by atoms with Gasteiger partial charge in [-0.1, -0.05) is 23.2 Å². The number of aromatic nitrogens is 6. The van der Waals surface area contributed by atoms with Crippen molar-refractivity contribution in [3.63, 3.8) is 0 Å². The zero-order valence-electron chi connectivity index (χ0n) is 18.0. The quantitative estimate of drug-likeness (QED) is 0.247. The minimum Gasteiger partial charge on any atom is -0.373 e. The average Bonchev–Trinajstić information content (AvgIpc) is 3.40. The van der Waals surface area contributed by atoms with Crippen LogP contribution in [-0.4, -0.2) is 30.4 Å². The standard InChI is InChI=1S/C23H13Cl2F2N9/c24-13-1-11(6-29-8-13)21(19-10-32-36-35-19)33-14-2-16-20(34-15-4-18(26)23(27)31-9-15)12(5-28)7-30-22(16)17(25)3-14/h1-4,6-10,21,33H,(H,30,34)(H,32,35,36). The van der Waals surface area contributed by atoms with Gasteiger partial charge in [-0.15, -0.1) is 0 Å². The summed E-state index contributed by atoms with van der Waals surface area (Å²) in [5.74, 6) is -2.37. The normalized spacial score (nSPS) is 11.8. The molecular formula is C23H13Cl2F2N9. The fourth-order valence-corrected chi connectivity index (χ4v) is 4.08. The zero-order valence-corrected chi connectivity index (χ0v) is 19.5. The maximum atomic E-state index is 13.8. The lowest BCUT2D eigenvalue weighted by Crippen LogP contribution is -2.13. The Labute approximate surface area is 212 Å². The number of benzene rings is 1. The van der Waals surface area contributed by atoms with Crippen LogP contribution in [0.3, 0.4) is 0 Å². The van der Waals surface area contributed by atoms with Crippen molar-refractivity contribution in [2.45, 2.75) is 6.04 Å². The second-order valence-electron chi connectivity index (χ2n) is 7.54. The largest absolute Gasteiger partial charge is 0.373 e. The highest BCUT2D eigenvalue weighted by Gasteiger charge is 2.20. The monoisotopic (exact) mass is 523 g/mol. The highest BCUT2D eigenvalue weighted by atomic mass is 35.5. The summed E-state index contributed by atoms with van der Waals surface area (Å²) in [7, 11) is 0. The molecule has 4 heterocycles. The van der Waals surface area contributed by atoms with E-state index in [-0.39, 0.29) is 16.3 Å². The number of pyridine rings is 3. The van der Waals surface area contributed by atoms with Gasteiger partial charge in [-0.25, -0.2) is 9.37 Å². The van der Waals surface area contributed by atoms with Gasteiger partial charge in [0.25, 0.3) is 0 Å². The van der Waals surface area contributed by atoms with E-state index in [0.717, 1.165) is 12.3 Å². The molecule has 5 rings (SSSR count). The van der Waals surface area contributed by atoms with Crippen molar-refractivity contribution < 1.29 is 8.78 Å². The predicted octanol–water partition coefficient (Wildman–Crippen LogP) is 5.54. The van der Waals surface area contributed by atoms with Crippen molar-refractivity contribution >= 4 is 51.2 Å². The van der Waals surface area contributed by atoms with Gasteiger partial charge in [0, 0.05) is 41.3 Å². The van der Waals surface area contributed by atoms with Crippen LogP contribution in [0.25, 0.3) is 10.9 Å². The molecule has 9 nitrogen and oxygen atoms in total. The first-order valence-electron chi connectivity index (χ1n) is 10.3. The van der Waals surface area contributed by atoms with Gasteiger partial charge in [-0.05, 0) is 18.2 Å². The Balaban J connectivity index is 1.62. The van der Waals surface area contributed by atoms with E-state index in [9.17, 15) is 14.0 Å². The molecule has 0 radical (unpaired) electrons. The van der Waals surface area contributed by atoms with Crippen LogP contribution in [0.15, 0.2) is 55.2 Å². The van der Waals surface area contributed by atoms with E-state index in [4.69, 9.17) is 23.2 Å². The lowest BCUT2D eigenvalue weighted by Gasteiger charge is -2.20. The molecule has 1 aromatic carbocycles. The fourth-order valence-electron chi connectivity index (χ4n) is 3.63. The van der Waals surface area contributed by atoms with Gasteiger partial charge in [0.1, 0.15) is 11.8 Å². The molecular weight excluding hydrogens is 511 g/mol. The summed E-state index contributed by atoms with van der Waals surface area (Å²) in [5.41, 5.74) is 2.80. The summed E-state index contributed by atoms with van der Waals surface area (Å²) in [6.45, 7) is 0. The maximum Gasteiger partial charge on any atom is 0.249 e. The number of aromatic amines is 1. The molecule has 178 valence electrons. The number of hydrogen-bond acceptors (Lipinski definition) is 8. The molecule has 0 fully saturated rings. The molecule has 13 heteroatoms. The summed E-state index contributed by atoms with van der Waals surface area (Å²) >= 11 is 12.7. The number of anilines is 3. The number of nitrogens with one attached hydrogen (secondary N) is 3. The molecule has 3 N–H and O–H groups in total. The average molecular weight is 524 g/mol. The smallest absolute Gasteiger partial charge is 0.249 e. The Bertz CT molecular complexity index is 1620. The molecule has 4 aromatic heterocycles. The number of nitriles is 1. The number of hydrogen-bond donors (Lipinski definition) is 3. The summed E-state index contributed by atoms with van der Waals surface area (Å²) in [4.78, 5) is 11.8. The highest BCUT2D eigenvalue weighted by Crippen LogP contribution is 2.36. The maximum absolute atomic E-state index is 13.8. The molecule has 0 spiro atoms. The van der Waals surface area contributed by atoms with Gasteiger partial charge in [0.15, 0.2) is 5.82 Å². The molecule has 0 saturated heterocycles. The van der Waals surface area contributed by atoms with Crippen LogP contribution in [0.5, 0.6) is 0 Å². The lowest BCUT2D eigenvalue weighted by atomic mass is 10.0. The van der Waals surface area contributed by atoms with E-state index in [2.05, 4.69) is 41.0 Å². The van der Waals surface area contributed by atoms with Crippen molar-refractivity contribution in [1.82, 2.24) is 30.4 Å². The van der Waals surface area contributed by atoms with Gasteiger partial charge in [0.05, 0.1) is 50.9 Å². The molecule has 0 amide bonds. The fraction of sp³-hybridized carbons (Fsp3) is 0.0435. The third-order valence-electron chi connectivity index (χ3n) is 5.21. The third kappa shape index (κ3) is 4.59. The van der Waals surface area contributed by atoms with Crippen molar-refractivity contribution in [3.05, 3.63) is 93.9 Å². The molecule has 36 heavy (non-hydrogen) atoms. The Morgan fingerprint density at radius 1 is 0.972 bits per heavy atom. The summed E-state index contributed by atoms with van der Waals surface area (Å²) in [6.07, 6.45) is 7.16. The summed E-state index contributed by atoms with van der Waals surface area (Å²) in [5, 5.41) is 27.8. The highest BCUT2D eigenvalue weighted by molar-refractivity contribution is 6.36. The number of H-pyrrole nitrogens is 1. The second kappa shape index (κ2) is 9.69. The second-order valence-corrected chi connectivity index (χ2v) is 8.39. The predicted molar refractivity (Wildman–Crippen MR) is 130 cm³/mol. The van der Waals surface area contributed by atoms with E-state index < -0.39 is 17.8 Å². The van der Waals surface area contributed by atoms with E-state index in [0.29, 0.717) is 38.6 Å². The molecule has 0 aliphatic carbocycles. The van der Waals surface area contributed by atoms with Gasteiger partial charge in [-0.3, -0.25) is 9.97 Å². The van der Waals surface area contributed by atoms with Crippen LogP contribution in [0.4, 0.5) is 25.8 Å². The van der Waals surface area contributed by atoms with Gasteiger partial charge in [-0.2, -0.15) is 25.1 Å². The Morgan fingerprint density at radius 2 is 1.83 bits per heavy atom. The van der Waals surface area contributed by atoms with E-state index >= 15 is 0 Å². The third-order valence-corrected chi connectivity index (χ3v) is 5.71. The van der Waals surface area contributed by atoms with Crippen LogP contribution < -0.4 is 10.6 Å². The van der Waals surface area contributed by atoms with Crippen molar-refractivity contribution in [1.29, 1.82) is 5.26 Å². The molecule has 1 atom stereocenters. The van der Waals surface area contributed by atoms with Crippen LogP contribution in [0, 0.1) is 23.1 Å². The number of fused-ring (bicyclic) bond motifs is 1. The van der Waals surface area contributed by atoms with Gasteiger partial charge in [0.2, 0.25) is 5.95 Å². The van der Waals surface area contributed by atoms with E-state index in [1.165, 1.54) is 12.4 Å². The van der Waals surface area contributed by atoms with Crippen LogP contribution >= 0.6 is 23.2 Å². The number of halogens is 4. The minimum absolute atomic E-state index is 0.137. The lowest BCUT2D eigenvalue weighted by molar-refractivity contribution is 0.480. The summed E-state index contributed by atoms with van der Waals surface area (Å²) < 4.78 is 27.1. The van der Waals surface area contributed by atoms with E-state index in [1.807, 2.05) is 6.07 Å². The van der Waals surface area contributed by atoms with Crippen LogP contribution in [-0.2, 0) is 0 Å². The Hall–Kier alpha value is -4.40. The Kier molecular flexibility index (Phi) is 6.28. The van der Waals surface area contributed by atoms with E-state index in [1.54, 1.807) is 30.6 Å². The van der Waals surface area contributed by atoms with Crippen molar-refractivity contribution in [2.75, 3.05) is 10.6 Å². The zero-order chi connectivity index (χ0) is 25.2. The molecule has 0 bridgehead atoms. The first-order valence-corrected chi connectivity index (χ1v) is 11.0. The molecule has 0 saturated carbocycles. The number of rotatable bonds is 6. The molecule has 1 unspecified atom stereocenters. The molecule has 0 aliphatic heterocycles. The minimum atomic E-state index is -1.23. The van der Waals surface area contributed by atoms with Crippen LogP contribution in [0.2, 0.25) is 10.0 Å². The topological polar surface area (TPSA) is 128 Å². The first kappa shape index (κ1) is 23.3. The molecule has 0 aliphatic rings. The first-order chi connectivity index (χ1) is 17.4.